The first-order chi connectivity index (χ1) is 16.7. The SMILES string of the molecule is COC(=O)c1cc(Cl)cc(CC(=O)[C@@H]2C[C@@H](F)CN2C(=O)Nc2cn(C(N)=O)c3ccccc23)c1. The average molecular weight is 501 g/mol. The van der Waals surface area contributed by atoms with Gasteiger partial charge in [0.15, 0.2) is 5.78 Å². The molecule has 35 heavy (non-hydrogen) atoms. The summed E-state index contributed by atoms with van der Waals surface area (Å²) in [6.45, 7) is -0.264. The monoisotopic (exact) mass is 500 g/mol. The van der Waals surface area contributed by atoms with Crippen LogP contribution in [0, 0.1) is 0 Å². The lowest BCUT2D eigenvalue weighted by atomic mass is 10.00. The number of nitrogens with one attached hydrogen (secondary N) is 1. The Hall–Kier alpha value is -3.92. The van der Waals surface area contributed by atoms with Crippen LogP contribution in [-0.4, -0.2) is 59.1 Å². The van der Waals surface area contributed by atoms with Gasteiger partial charge in [0.1, 0.15) is 6.17 Å². The van der Waals surface area contributed by atoms with E-state index in [0.29, 0.717) is 22.2 Å². The predicted molar refractivity (Wildman–Crippen MR) is 127 cm³/mol. The van der Waals surface area contributed by atoms with Gasteiger partial charge >= 0.3 is 18.0 Å². The fourth-order valence-electron chi connectivity index (χ4n) is 4.27. The number of urea groups is 1. The van der Waals surface area contributed by atoms with Gasteiger partial charge in [0.2, 0.25) is 0 Å². The van der Waals surface area contributed by atoms with Crippen LogP contribution in [0.25, 0.3) is 10.9 Å². The number of alkyl halides is 1. The van der Waals surface area contributed by atoms with E-state index in [1.807, 2.05) is 0 Å². The second kappa shape index (κ2) is 9.75. The highest BCUT2D eigenvalue weighted by Gasteiger charge is 2.39. The van der Waals surface area contributed by atoms with Crippen molar-refractivity contribution in [2.45, 2.75) is 25.1 Å². The minimum atomic E-state index is -1.38. The largest absolute Gasteiger partial charge is 0.465 e. The third-order valence-corrected chi connectivity index (χ3v) is 6.05. The first-order valence-electron chi connectivity index (χ1n) is 10.7. The van der Waals surface area contributed by atoms with Gasteiger partial charge in [-0.1, -0.05) is 29.8 Å². The predicted octanol–water partition coefficient (Wildman–Crippen LogP) is 3.76. The number of nitrogens with zero attached hydrogens (tertiary/aromatic N) is 2. The number of nitrogens with two attached hydrogens (primary N) is 1. The van der Waals surface area contributed by atoms with Crippen LogP contribution in [0.4, 0.5) is 19.7 Å². The number of methoxy groups -OCH3 is 1. The molecule has 2 heterocycles. The van der Waals surface area contributed by atoms with Crippen LogP contribution in [0.15, 0.2) is 48.7 Å². The number of amides is 3. The van der Waals surface area contributed by atoms with Crippen molar-refractivity contribution in [2.24, 2.45) is 5.73 Å². The van der Waals surface area contributed by atoms with Crippen LogP contribution in [0.2, 0.25) is 5.02 Å². The molecule has 0 radical (unpaired) electrons. The Morgan fingerprint density at radius 1 is 1.20 bits per heavy atom. The standard InChI is InChI=1S/C24H22ClFN4O5/c1-35-22(32)14-6-13(7-15(25)9-14)8-21(31)20-10-16(26)11-30(20)24(34)28-18-12-29(23(27)33)19-5-3-2-4-17(18)19/h2-7,9,12,16,20H,8,10-11H2,1H3,(H2,27,33)(H,28,34)/t16-,20+/m1/s1. The van der Waals surface area contributed by atoms with E-state index >= 15 is 0 Å². The summed E-state index contributed by atoms with van der Waals surface area (Å²) in [5.74, 6) is -1.01. The molecular formula is C24H22ClFN4O5. The van der Waals surface area contributed by atoms with Crippen molar-refractivity contribution < 1.29 is 28.3 Å². The first kappa shape index (κ1) is 24.2. The van der Waals surface area contributed by atoms with Crippen LogP contribution >= 0.6 is 11.6 Å². The summed E-state index contributed by atoms with van der Waals surface area (Å²) in [5.41, 5.74) is 6.83. The zero-order chi connectivity index (χ0) is 25.3. The van der Waals surface area contributed by atoms with Crippen LogP contribution in [0.3, 0.4) is 0 Å². The molecule has 3 N–H and O–H groups in total. The second-order valence-corrected chi connectivity index (χ2v) is 8.62. The van der Waals surface area contributed by atoms with Gasteiger partial charge in [-0.2, -0.15) is 0 Å². The number of ketones is 1. The highest BCUT2D eigenvalue weighted by atomic mass is 35.5. The van der Waals surface area contributed by atoms with Gasteiger partial charge in [0.05, 0.1) is 36.5 Å². The van der Waals surface area contributed by atoms with Crippen molar-refractivity contribution in [3.63, 3.8) is 0 Å². The van der Waals surface area contributed by atoms with Gasteiger partial charge < -0.3 is 20.7 Å². The number of fused-ring (bicyclic) bond motifs is 1. The van der Waals surface area contributed by atoms with Crippen molar-refractivity contribution in [2.75, 3.05) is 19.0 Å². The summed E-state index contributed by atoms with van der Waals surface area (Å²) in [6, 6.07) is 8.80. The Morgan fingerprint density at radius 2 is 1.94 bits per heavy atom. The van der Waals surface area contributed by atoms with E-state index in [4.69, 9.17) is 22.1 Å². The molecule has 0 bridgehead atoms. The first-order valence-corrected chi connectivity index (χ1v) is 11.1. The lowest BCUT2D eigenvalue weighted by molar-refractivity contribution is -0.121. The third-order valence-electron chi connectivity index (χ3n) is 5.83. The van der Waals surface area contributed by atoms with Gasteiger partial charge in [-0.15, -0.1) is 0 Å². The molecule has 1 aromatic heterocycles. The number of hydrogen-bond acceptors (Lipinski definition) is 5. The zero-order valence-electron chi connectivity index (χ0n) is 18.7. The van der Waals surface area contributed by atoms with Crippen LogP contribution in [-0.2, 0) is 16.0 Å². The smallest absolute Gasteiger partial charge is 0.337 e. The second-order valence-electron chi connectivity index (χ2n) is 8.18. The Kier molecular flexibility index (Phi) is 6.74. The molecule has 1 fully saturated rings. The molecule has 1 aliphatic rings. The highest BCUT2D eigenvalue weighted by molar-refractivity contribution is 6.31. The maximum Gasteiger partial charge on any atom is 0.337 e. The molecule has 2 atom stereocenters. The number of Topliss-reactive ketones (excluding diaryl/α,β-unsaturated/α-hetero) is 1. The molecule has 1 saturated heterocycles. The average Bonchev–Trinajstić information content (AvgIpc) is 3.39. The third kappa shape index (κ3) is 4.97. The molecule has 3 aromatic rings. The number of rotatable bonds is 5. The van der Waals surface area contributed by atoms with Gasteiger partial charge in [-0.05, 0) is 29.8 Å². The molecule has 11 heteroatoms. The molecule has 0 unspecified atom stereocenters. The van der Waals surface area contributed by atoms with E-state index < -0.39 is 36.0 Å². The molecule has 9 nitrogen and oxygen atoms in total. The molecule has 2 aromatic carbocycles. The highest BCUT2D eigenvalue weighted by Crippen LogP contribution is 2.28. The summed E-state index contributed by atoms with van der Waals surface area (Å²) in [6.07, 6.45) is -0.316. The fraction of sp³-hybridized carbons (Fsp3) is 0.250. The number of likely N-dealkylation sites (tertiary alicyclic amines) is 1. The van der Waals surface area contributed by atoms with Crippen molar-refractivity contribution in [1.29, 1.82) is 0 Å². The maximum atomic E-state index is 14.3. The number of aromatic nitrogens is 1. The number of ether oxygens (including phenoxy) is 1. The quantitative estimate of drug-likeness (QED) is 0.516. The van der Waals surface area contributed by atoms with Crippen LogP contribution in [0.5, 0.6) is 0 Å². The summed E-state index contributed by atoms with van der Waals surface area (Å²) in [5, 5.41) is 3.47. The lowest BCUT2D eigenvalue weighted by Gasteiger charge is -2.23. The molecule has 4 rings (SSSR count). The number of carbonyl (C=O) groups is 4. The van der Waals surface area contributed by atoms with E-state index in [2.05, 4.69) is 5.32 Å². The Morgan fingerprint density at radius 3 is 2.66 bits per heavy atom. The number of benzene rings is 2. The number of para-hydroxylation sites is 1. The van der Waals surface area contributed by atoms with Crippen LogP contribution in [0.1, 0.15) is 22.3 Å². The molecule has 182 valence electrons. The summed E-state index contributed by atoms with van der Waals surface area (Å²) in [7, 11) is 1.23. The molecule has 0 saturated carbocycles. The molecule has 1 aliphatic heterocycles. The van der Waals surface area contributed by atoms with E-state index in [1.165, 1.54) is 36.1 Å². The van der Waals surface area contributed by atoms with Crippen molar-refractivity contribution in [3.8, 4) is 0 Å². The van der Waals surface area contributed by atoms with Crippen molar-refractivity contribution in [1.82, 2.24) is 9.47 Å². The van der Waals surface area contributed by atoms with E-state index in [-0.39, 0.29) is 30.0 Å². The number of esters is 1. The summed E-state index contributed by atoms with van der Waals surface area (Å²) < 4.78 is 20.2. The topological polar surface area (TPSA) is 124 Å². The van der Waals surface area contributed by atoms with Gasteiger partial charge in [-0.3, -0.25) is 9.36 Å². The number of hydrogen-bond donors (Lipinski definition) is 2. The number of halogens is 2. The molecule has 3 amide bonds. The van der Waals surface area contributed by atoms with Crippen molar-refractivity contribution >= 4 is 52.0 Å². The summed E-state index contributed by atoms with van der Waals surface area (Å²) >= 11 is 6.07. The van der Waals surface area contributed by atoms with E-state index in [9.17, 15) is 23.6 Å². The van der Waals surface area contributed by atoms with Gasteiger partial charge in [0, 0.05) is 29.4 Å². The Bertz CT molecular complexity index is 1340. The minimum Gasteiger partial charge on any atom is -0.465 e. The molecular weight excluding hydrogens is 479 g/mol. The number of primary amides is 1. The molecule has 0 spiro atoms. The minimum absolute atomic E-state index is 0.153. The van der Waals surface area contributed by atoms with Crippen molar-refractivity contribution in [3.05, 3.63) is 64.8 Å². The molecule has 0 aliphatic carbocycles. The van der Waals surface area contributed by atoms with Crippen LogP contribution < -0.4 is 11.1 Å². The summed E-state index contributed by atoms with van der Waals surface area (Å²) in [4.78, 5) is 50.9. The normalized spacial score (nSPS) is 17.4. The van der Waals surface area contributed by atoms with Gasteiger partial charge in [-0.25, -0.2) is 18.8 Å². The Balaban J connectivity index is 1.55. The maximum absolute atomic E-state index is 14.3. The fourth-order valence-corrected chi connectivity index (χ4v) is 4.53. The zero-order valence-corrected chi connectivity index (χ0v) is 19.4. The Labute approximate surface area is 204 Å². The van der Waals surface area contributed by atoms with Gasteiger partial charge in [0.25, 0.3) is 0 Å². The number of anilines is 1. The van der Waals surface area contributed by atoms with E-state index in [1.54, 1.807) is 24.3 Å². The van der Waals surface area contributed by atoms with E-state index in [0.717, 1.165) is 4.90 Å². The lowest BCUT2D eigenvalue weighted by Crippen LogP contribution is -2.43. The number of carbonyl (C=O) groups excluding carboxylic acids is 4.